The number of anilines is 1. The molecule has 1 aliphatic rings. The molecule has 8 heteroatoms. The zero-order chi connectivity index (χ0) is 20.1. The molecule has 0 N–H and O–H groups in total. The van der Waals surface area contributed by atoms with Crippen LogP contribution in [-0.4, -0.2) is 31.0 Å². The van der Waals surface area contributed by atoms with Crippen LogP contribution in [0.15, 0.2) is 48.5 Å². The van der Waals surface area contributed by atoms with Gasteiger partial charge in [0.15, 0.2) is 0 Å². The number of carbonyl (C=O) groups excluding carboxylic acids is 1. The van der Waals surface area contributed by atoms with E-state index >= 15 is 0 Å². The molecule has 0 aliphatic carbocycles. The van der Waals surface area contributed by atoms with E-state index in [4.69, 9.17) is 11.6 Å². The highest BCUT2D eigenvalue weighted by molar-refractivity contribution is 7.15. The summed E-state index contributed by atoms with van der Waals surface area (Å²) < 4.78 is 2.11. The summed E-state index contributed by atoms with van der Waals surface area (Å²) in [4.78, 5) is 18.8. The fourth-order valence-electron chi connectivity index (χ4n) is 3.78. The van der Waals surface area contributed by atoms with Gasteiger partial charge in [-0.25, -0.2) is 4.98 Å². The SMILES string of the molecule is Cc1cccc(C2C(Cl)C(=O)N2c2nnc(Cn3c(C)nc4ccccc43)s2)c1. The van der Waals surface area contributed by atoms with E-state index in [9.17, 15) is 4.79 Å². The molecule has 1 saturated heterocycles. The molecule has 0 bridgehead atoms. The second-order valence-electron chi connectivity index (χ2n) is 7.18. The Kier molecular flexibility index (Phi) is 4.37. The first-order chi connectivity index (χ1) is 14.0. The van der Waals surface area contributed by atoms with Gasteiger partial charge in [-0.2, -0.15) is 0 Å². The number of fused-ring (bicyclic) bond motifs is 1. The molecule has 5 rings (SSSR count). The van der Waals surface area contributed by atoms with E-state index in [1.807, 2.05) is 56.3 Å². The molecule has 2 atom stereocenters. The van der Waals surface area contributed by atoms with Crippen LogP contribution in [0.5, 0.6) is 0 Å². The molecule has 2 aromatic carbocycles. The monoisotopic (exact) mass is 423 g/mol. The Morgan fingerprint density at radius 3 is 2.76 bits per heavy atom. The lowest BCUT2D eigenvalue weighted by atomic mass is 9.93. The first-order valence-corrected chi connectivity index (χ1v) is 10.6. The second kappa shape index (κ2) is 6.93. The summed E-state index contributed by atoms with van der Waals surface area (Å²) in [7, 11) is 0. The van der Waals surface area contributed by atoms with Gasteiger partial charge in [-0.3, -0.25) is 9.69 Å². The molecule has 0 saturated carbocycles. The molecular weight excluding hydrogens is 406 g/mol. The van der Waals surface area contributed by atoms with Crippen molar-refractivity contribution in [2.45, 2.75) is 31.8 Å². The number of nitrogens with zero attached hydrogens (tertiary/aromatic N) is 5. The van der Waals surface area contributed by atoms with Gasteiger partial charge in [-0.15, -0.1) is 21.8 Å². The van der Waals surface area contributed by atoms with E-state index < -0.39 is 5.38 Å². The first kappa shape index (κ1) is 18.3. The summed E-state index contributed by atoms with van der Waals surface area (Å²) in [6.45, 7) is 4.57. The number of para-hydroxylation sites is 2. The van der Waals surface area contributed by atoms with Crippen LogP contribution in [0.3, 0.4) is 0 Å². The fourth-order valence-corrected chi connectivity index (χ4v) is 5.01. The molecule has 0 radical (unpaired) electrons. The smallest absolute Gasteiger partial charge is 0.250 e. The molecular formula is C21H18ClN5OS. The van der Waals surface area contributed by atoms with Crippen molar-refractivity contribution in [1.82, 2.24) is 19.7 Å². The van der Waals surface area contributed by atoms with Gasteiger partial charge >= 0.3 is 0 Å². The number of hydrogen-bond donors (Lipinski definition) is 0. The van der Waals surface area contributed by atoms with Crippen molar-refractivity contribution in [1.29, 1.82) is 0 Å². The number of β-lactam (4-membered cyclic amide) rings is 1. The van der Waals surface area contributed by atoms with Crippen LogP contribution in [0.25, 0.3) is 11.0 Å². The Morgan fingerprint density at radius 2 is 1.93 bits per heavy atom. The predicted octanol–water partition coefficient (Wildman–Crippen LogP) is 4.25. The second-order valence-corrected chi connectivity index (χ2v) is 8.69. The molecule has 29 heavy (non-hydrogen) atoms. The number of aromatic nitrogens is 4. The maximum atomic E-state index is 12.5. The molecule has 2 aromatic heterocycles. The van der Waals surface area contributed by atoms with Crippen molar-refractivity contribution in [3.63, 3.8) is 0 Å². The molecule has 3 heterocycles. The third-order valence-electron chi connectivity index (χ3n) is 5.21. The summed E-state index contributed by atoms with van der Waals surface area (Å²) in [5.74, 6) is 0.784. The van der Waals surface area contributed by atoms with E-state index in [-0.39, 0.29) is 11.9 Å². The average Bonchev–Trinajstić information content (AvgIpc) is 3.29. The van der Waals surface area contributed by atoms with Gasteiger partial charge in [0, 0.05) is 0 Å². The lowest BCUT2D eigenvalue weighted by Gasteiger charge is -2.42. The lowest BCUT2D eigenvalue weighted by molar-refractivity contribution is -0.123. The van der Waals surface area contributed by atoms with Crippen molar-refractivity contribution in [3.8, 4) is 0 Å². The van der Waals surface area contributed by atoms with Crippen molar-refractivity contribution < 1.29 is 4.79 Å². The van der Waals surface area contributed by atoms with Crippen LogP contribution in [-0.2, 0) is 11.3 Å². The maximum Gasteiger partial charge on any atom is 0.250 e. The predicted molar refractivity (Wildman–Crippen MR) is 115 cm³/mol. The van der Waals surface area contributed by atoms with Gasteiger partial charge in [-0.1, -0.05) is 53.3 Å². The normalized spacial score (nSPS) is 19.0. The van der Waals surface area contributed by atoms with E-state index in [0.717, 1.165) is 33.0 Å². The largest absolute Gasteiger partial charge is 0.321 e. The number of imidazole rings is 1. The number of alkyl halides is 1. The van der Waals surface area contributed by atoms with E-state index in [0.29, 0.717) is 11.7 Å². The highest BCUT2D eigenvalue weighted by atomic mass is 35.5. The minimum Gasteiger partial charge on any atom is -0.321 e. The molecule has 1 fully saturated rings. The van der Waals surface area contributed by atoms with Crippen molar-refractivity contribution in [2.75, 3.05) is 4.90 Å². The van der Waals surface area contributed by atoms with Crippen LogP contribution in [0.1, 0.15) is 28.0 Å². The summed E-state index contributed by atoms with van der Waals surface area (Å²) >= 11 is 7.77. The van der Waals surface area contributed by atoms with Crippen LogP contribution >= 0.6 is 22.9 Å². The van der Waals surface area contributed by atoms with Crippen LogP contribution in [0.2, 0.25) is 0 Å². The zero-order valence-corrected chi connectivity index (χ0v) is 17.5. The Bertz CT molecular complexity index is 1230. The van der Waals surface area contributed by atoms with Crippen LogP contribution in [0, 0.1) is 13.8 Å². The van der Waals surface area contributed by atoms with Crippen molar-refractivity contribution in [3.05, 3.63) is 70.5 Å². The summed E-state index contributed by atoms with van der Waals surface area (Å²) in [6, 6.07) is 15.9. The van der Waals surface area contributed by atoms with Gasteiger partial charge in [0.05, 0.1) is 23.6 Å². The van der Waals surface area contributed by atoms with Crippen LogP contribution in [0.4, 0.5) is 5.13 Å². The highest BCUT2D eigenvalue weighted by Crippen LogP contribution is 2.43. The molecule has 2 unspecified atom stereocenters. The topological polar surface area (TPSA) is 63.9 Å². The number of benzene rings is 2. The van der Waals surface area contributed by atoms with Crippen LogP contribution < -0.4 is 4.90 Å². The van der Waals surface area contributed by atoms with Crippen molar-refractivity contribution >= 4 is 45.0 Å². The minimum absolute atomic E-state index is 0.134. The fraction of sp³-hybridized carbons (Fsp3) is 0.238. The minimum atomic E-state index is -0.580. The third-order valence-corrected chi connectivity index (χ3v) is 6.55. The highest BCUT2D eigenvalue weighted by Gasteiger charge is 2.49. The molecule has 1 aliphatic heterocycles. The van der Waals surface area contributed by atoms with Gasteiger partial charge in [0.25, 0.3) is 0 Å². The standard InChI is InChI=1S/C21H18ClN5OS/c1-12-6-5-7-14(10-12)19-18(22)20(28)27(19)21-25-24-17(29-21)11-26-13(2)23-15-8-3-4-9-16(15)26/h3-10,18-19H,11H2,1-2H3. The molecule has 6 nitrogen and oxygen atoms in total. The third kappa shape index (κ3) is 3.01. The number of halogens is 1. The molecule has 146 valence electrons. The molecule has 4 aromatic rings. The zero-order valence-electron chi connectivity index (χ0n) is 15.9. The number of carbonyl (C=O) groups is 1. The van der Waals surface area contributed by atoms with Crippen molar-refractivity contribution in [2.24, 2.45) is 0 Å². The van der Waals surface area contributed by atoms with Gasteiger partial charge < -0.3 is 4.57 Å². The maximum absolute atomic E-state index is 12.5. The van der Waals surface area contributed by atoms with E-state index in [1.54, 1.807) is 4.90 Å². The Labute approximate surface area is 176 Å². The van der Waals surface area contributed by atoms with E-state index in [1.165, 1.54) is 11.3 Å². The van der Waals surface area contributed by atoms with Gasteiger partial charge in [0.2, 0.25) is 11.0 Å². The van der Waals surface area contributed by atoms with Gasteiger partial charge in [0.1, 0.15) is 16.2 Å². The summed E-state index contributed by atoms with van der Waals surface area (Å²) in [6.07, 6.45) is 0. The summed E-state index contributed by atoms with van der Waals surface area (Å²) in [5, 5.41) is 9.44. The average molecular weight is 424 g/mol. The summed E-state index contributed by atoms with van der Waals surface area (Å²) in [5.41, 5.74) is 4.15. The molecule has 1 amide bonds. The number of rotatable bonds is 4. The Morgan fingerprint density at radius 1 is 1.10 bits per heavy atom. The number of amides is 1. The molecule has 0 spiro atoms. The van der Waals surface area contributed by atoms with E-state index in [2.05, 4.69) is 25.8 Å². The lowest BCUT2D eigenvalue weighted by Crippen LogP contribution is -2.56. The quantitative estimate of drug-likeness (QED) is 0.363. The first-order valence-electron chi connectivity index (χ1n) is 9.31. The number of aryl methyl sites for hydroxylation is 2. The number of hydrogen-bond acceptors (Lipinski definition) is 5. The van der Waals surface area contributed by atoms with Gasteiger partial charge in [-0.05, 0) is 31.5 Å². The Hall–Kier alpha value is -2.77. The Balaban J connectivity index is 1.45.